The molecule has 0 radical (unpaired) electrons. The fourth-order valence-corrected chi connectivity index (χ4v) is 3.28. The maximum Gasteiger partial charge on any atom is 0.293 e. The van der Waals surface area contributed by atoms with Crippen molar-refractivity contribution in [3.8, 4) is 0 Å². The van der Waals surface area contributed by atoms with Crippen LogP contribution in [0.3, 0.4) is 0 Å². The zero-order valence-corrected chi connectivity index (χ0v) is 19.8. The van der Waals surface area contributed by atoms with Gasteiger partial charge in [0.05, 0.1) is 11.3 Å². The number of hydrogen-bond acceptors (Lipinski definition) is 4. The Morgan fingerprint density at radius 2 is 1.56 bits per heavy atom. The van der Waals surface area contributed by atoms with Crippen molar-refractivity contribution in [2.75, 3.05) is 17.3 Å². The number of carbonyl (C=O) groups is 3. The van der Waals surface area contributed by atoms with Gasteiger partial charge in [0, 0.05) is 23.8 Å². The molecule has 0 saturated heterocycles. The van der Waals surface area contributed by atoms with E-state index in [9.17, 15) is 14.4 Å². The van der Waals surface area contributed by atoms with E-state index in [4.69, 9.17) is 4.42 Å². The third kappa shape index (κ3) is 5.64. The fourth-order valence-electron chi connectivity index (χ4n) is 2.98. The lowest BCUT2D eigenvalue weighted by Crippen LogP contribution is -2.40. The van der Waals surface area contributed by atoms with Crippen molar-refractivity contribution in [3.05, 3.63) is 82.2 Å². The third-order valence-corrected chi connectivity index (χ3v) is 4.92. The minimum atomic E-state index is -0.384. The van der Waals surface area contributed by atoms with E-state index in [-0.39, 0.29) is 29.0 Å². The highest BCUT2D eigenvalue weighted by atomic mass is 79.9. The summed E-state index contributed by atoms with van der Waals surface area (Å²) in [6.07, 6.45) is 0. The molecule has 7 nitrogen and oxygen atoms in total. The molecule has 0 bridgehead atoms. The molecule has 2 aromatic carbocycles. The molecular weight excluding hydrogens is 474 g/mol. The van der Waals surface area contributed by atoms with Crippen molar-refractivity contribution in [2.24, 2.45) is 0 Å². The van der Waals surface area contributed by atoms with Crippen LogP contribution < -0.4 is 15.5 Å². The van der Waals surface area contributed by atoms with Crippen molar-refractivity contribution < 1.29 is 18.8 Å². The molecule has 0 saturated carbocycles. The normalized spacial score (nSPS) is 11.0. The number of carbonyl (C=O) groups excluding carboxylic acids is 3. The first kappa shape index (κ1) is 23.3. The van der Waals surface area contributed by atoms with Crippen LogP contribution >= 0.6 is 15.9 Å². The molecule has 0 spiro atoms. The molecule has 3 rings (SSSR count). The van der Waals surface area contributed by atoms with Crippen molar-refractivity contribution >= 4 is 45.0 Å². The Hall–Kier alpha value is -3.39. The molecule has 166 valence electrons. The number of hydrogen-bond donors (Lipinski definition) is 2. The van der Waals surface area contributed by atoms with Gasteiger partial charge in [0.2, 0.25) is 0 Å². The van der Waals surface area contributed by atoms with Gasteiger partial charge in [-0.15, -0.1) is 0 Å². The van der Waals surface area contributed by atoms with E-state index in [2.05, 4.69) is 26.6 Å². The van der Waals surface area contributed by atoms with Crippen LogP contribution in [0.1, 0.15) is 52.0 Å². The van der Waals surface area contributed by atoms with Gasteiger partial charge in [0.25, 0.3) is 17.7 Å². The molecular formula is C24H24BrN3O4. The van der Waals surface area contributed by atoms with Crippen molar-refractivity contribution in [1.29, 1.82) is 0 Å². The standard InChI is InChI=1S/C24H24BrN3O4/c1-24(2,3)27-21(29)15-9-11-16(12-10-15)26-22(30)17-7-5-6-8-18(17)28(4)23(31)19-13-14-20(25)32-19/h5-14H,1-4H3,(H,26,30)(H,27,29). The number of nitrogens with one attached hydrogen (secondary N) is 2. The van der Waals surface area contributed by atoms with Crippen LogP contribution in [-0.4, -0.2) is 30.3 Å². The Kier molecular flexibility index (Phi) is 6.84. The fraction of sp³-hybridized carbons (Fsp3) is 0.208. The number of benzene rings is 2. The van der Waals surface area contributed by atoms with Crippen LogP contribution in [0.15, 0.2) is 69.8 Å². The number of rotatable bonds is 5. The number of amides is 3. The lowest BCUT2D eigenvalue weighted by Gasteiger charge is -2.20. The number of anilines is 2. The first-order valence-corrected chi connectivity index (χ1v) is 10.7. The second kappa shape index (κ2) is 9.40. The number of halogens is 1. The second-order valence-electron chi connectivity index (χ2n) is 8.22. The molecule has 3 aromatic rings. The molecule has 32 heavy (non-hydrogen) atoms. The third-order valence-electron chi connectivity index (χ3n) is 4.49. The summed E-state index contributed by atoms with van der Waals surface area (Å²) in [6, 6.07) is 16.6. The molecule has 0 atom stereocenters. The zero-order chi connectivity index (χ0) is 23.5. The van der Waals surface area contributed by atoms with E-state index in [1.165, 1.54) is 4.90 Å². The van der Waals surface area contributed by atoms with Crippen LogP contribution in [0.2, 0.25) is 0 Å². The van der Waals surface area contributed by atoms with Gasteiger partial charge in [0.1, 0.15) is 0 Å². The van der Waals surface area contributed by atoms with Crippen molar-refractivity contribution in [1.82, 2.24) is 5.32 Å². The first-order valence-electron chi connectivity index (χ1n) is 9.91. The summed E-state index contributed by atoms with van der Waals surface area (Å²) in [5.74, 6) is -0.804. The van der Waals surface area contributed by atoms with Crippen molar-refractivity contribution in [2.45, 2.75) is 26.3 Å². The number of para-hydroxylation sites is 1. The van der Waals surface area contributed by atoms with Crippen molar-refractivity contribution in [3.63, 3.8) is 0 Å². The average Bonchev–Trinajstić information content (AvgIpc) is 3.18. The van der Waals surface area contributed by atoms with Gasteiger partial charge in [-0.25, -0.2) is 0 Å². The lowest BCUT2D eigenvalue weighted by atomic mass is 10.1. The van der Waals surface area contributed by atoms with Crippen LogP contribution in [0.25, 0.3) is 0 Å². The van der Waals surface area contributed by atoms with Crippen LogP contribution in [0.4, 0.5) is 11.4 Å². The largest absolute Gasteiger partial charge is 0.444 e. The summed E-state index contributed by atoms with van der Waals surface area (Å²) in [4.78, 5) is 39.3. The molecule has 0 fully saturated rings. The molecule has 3 amide bonds. The van der Waals surface area contributed by atoms with E-state index >= 15 is 0 Å². The quantitative estimate of drug-likeness (QED) is 0.512. The maximum atomic E-state index is 12.9. The SMILES string of the molecule is CN(C(=O)c1ccc(Br)o1)c1ccccc1C(=O)Nc1ccc(C(=O)NC(C)(C)C)cc1. The minimum Gasteiger partial charge on any atom is -0.444 e. The van der Waals surface area contributed by atoms with Crippen LogP contribution in [0, 0.1) is 0 Å². The van der Waals surface area contributed by atoms with E-state index in [1.54, 1.807) is 67.7 Å². The molecule has 0 aliphatic carbocycles. The van der Waals surface area contributed by atoms with Gasteiger partial charge in [-0.3, -0.25) is 14.4 Å². The molecule has 0 aliphatic rings. The van der Waals surface area contributed by atoms with Crippen LogP contribution in [-0.2, 0) is 0 Å². The minimum absolute atomic E-state index is 0.152. The molecule has 0 unspecified atom stereocenters. The average molecular weight is 498 g/mol. The van der Waals surface area contributed by atoms with E-state index < -0.39 is 0 Å². The van der Waals surface area contributed by atoms with Gasteiger partial charge in [-0.2, -0.15) is 0 Å². The molecule has 1 aromatic heterocycles. The zero-order valence-electron chi connectivity index (χ0n) is 18.2. The Bertz CT molecular complexity index is 1150. The first-order chi connectivity index (χ1) is 15.0. The topological polar surface area (TPSA) is 91.7 Å². The molecule has 2 N–H and O–H groups in total. The Balaban J connectivity index is 1.76. The summed E-state index contributed by atoms with van der Waals surface area (Å²) in [5, 5.41) is 5.70. The van der Waals surface area contributed by atoms with E-state index in [0.29, 0.717) is 27.2 Å². The predicted molar refractivity (Wildman–Crippen MR) is 127 cm³/mol. The highest BCUT2D eigenvalue weighted by molar-refractivity contribution is 9.10. The Labute approximate surface area is 194 Å². The van der Waals surface area contributed by atoms with E-state index in [0.717, 1.165) is 0 Å². The Morgan fingerprint density at radius 1 is 0.906 bits per heavy atom. The predicted octanol–water partition coefficient (Wildman–Crippen LogP) is 5.10. The monoisotopic (exact) mass is 497 g/mol. The lowest BCUT2D eigenvalue weighted by molar-refractivity contribution is 0.0917. The highest BCUT2D eigenvalue weighted by Crippen LogP contribution is 2.24. The molecule has 8 heteroatoms. The summed E-state index contributed by atoms with van der Waals surface area (Å²) in [7, 11) is 1.58. The van der Waals surface area contributed by atoms with Gasteiger partial charge in [-0.1, -0.05) is 12.1 Å². The second-order valence-corrected chi connectivity index (χ2v) is 9.00. The maximum absolute atomic E-state index is 12.9. The summed E-state index contributed by atoms with van der Waals surface area (Å²) in [6.45, 7) is 5.72. The van der Waals surface area contributed by atoms with Gasteiger partial charge >= 0.3 is 0 Å². The summed E-state index contributed by atoms with van der Waals surface area (Å²) < 4.78 is 5.78. The highest BCUT2D eigenvalue weighted by Gasteiger charge is 2.22. The van der Waals surface area contributed by atoms with Gasteiger partial charge in [0.15, 0.2) is 10.4 Å². The number of furan rings is 1. The van der Waals surface area contributed by atoms with Gasteiger partial charge in [-0.05, 0) is 85.2 Å². The van der Waals surface area contributed by atoms with E-state index in [1.807, 2.05) is 20.8 Å². The number of nitrogens with zero attached hydrogens (tertiary/aromatic N) is 1. The molecule has 0 aliphatic heterocycles. The molecule has 1 heterocycles. The van der Waals surface area contributed by atoms with Crippen LogP contribution in [0.5, 0.6) is 0 Å². The summed E-state index contributed by atoms with van der Waals surface area (Å²) >= 11 is 3.18. The summed E-state index contributed by atoms with van der Waals surface area (Å²) in [5.41, 5.74) is 1.43. The van der Waals surface area contributed by atoms with Gasteiger partial charge < -0.3 is 20.0 Å². The smallest absolute Gasteiger partial charge is 0.293 e. The Morgan fingerprint density at radius 3 is 2.16 bits per heavy atom.